The topological polar surface area (TPSA) is 45.8 Å². The summed E-state index contributed by atoms with van der Waals surface area (Å²) < 4.78 is 11.3. The van der Waals surface area contributed by atoms with Gasteiger partial charge in [0.15, 0.2) is 0 Å². The summed E-state index contributed by atoms with van der Waals surface area (Å²) in [5, 5.41) is 10.6. The summed E-state index contributed by atoms with van der Waals surface area (Å²) in [6.07, 6.45) is 2.12. The Balaban J connectivity index is 1.58. The summed E-state index contributed by atoms with van der Waals surface area (Å²) in [5.41, 5.74) is 3.83. The van der Waals surface area contributed by atoms with E-state index in [1.807, 2.05) is 24.3 Å². The van der Waals surface area contributed by atoms with Gasteiger partial charge in [0.2, 0.25) is 0 Å². The molecule has 0 spiro atoms. The van der Waals surface area contributed by atoms with Crippen molar-refractivity contribution < 1.29 is 14.3 Å². The average molecular weight is 408 g/mol. The molecule has 0 fully saturated rings. The average Bonchev–Trinajstić information content (AvgIpc) is 3.26. The summed E-state index contributed by atoms with van der Waals surface area (Å²) in [6, 6.07) is 20.6. The van der Waals surface area contributed by atoms with Crippen LogP contribution < -0.4 is 4.74 Å². The van der Waals surface area contributed by atoms with Crippen LogP contribution in [0.2, 0.25) is 0 Å². The molecule has 1 unspecified atom stereocenters. The third-order valence-electron chi connectivity index (χ3n) is 5.26. The lowest BCUT2D eigenvalue weighted by Crippen LogP contribution is -2.35. The minimum absolute atomic E-state index is 0.254. The van der Waals surface area contributed by atoms with Gasteiger partial charge in [-0.2, -0.15) is 0 Å². The molecule has 1 heterocycles. The molecule has 0 aliphatic carbocycles. The fourth-order valence-corrected chi connectivity index (χ4v) is 3.44. The molecule has 0 saturated heterocycles. The SMILES string of the molecule is CCc1ccc(CN(Cc2ccco2)CC(O)COc2ccc(C(C)C)cc2)cc1. The van der Waals surface area contributed by atoms with Crippen LogP contribution in [0.4, 0.5) is 0 Å². The second-order valence-corrected chi connectivity index (χ2v) is 8.11. The zero-order chi connectivity index (χ0) is 21.3. The monoisotopic (exact) mass is 407 g/mol. The van der Waals surface area contributed by atoms with Gasteiger partial charge in [-0.15, -0.1) is 0 Å². The largest absolute Gasteiger partial charge is 0.491 e. The Hall–Kier alpha value is -2.56. The maximum absolute atomic E-state index is 10.6. The summed E-state index contributed by atoms with van der Waals surface area (Å²) in [4.78, 5) is 2.19. The molecular weight excluding hydrogens is 374 g/mol. The van der Waals surface area contributed by atoms with E-state index in [1.165, 1.54) is 16.7 Å². The number of hydrogen-bond acceptors (Lipinski definition) is 4. The minimum atomic E-state index is -0.598. The molecule has 3 rings (SSSR count). The molecule has 1 N–H and O–H groups in total. The predicted octanol–water partition coefficient (Wildman–Crippen LogP) is 5.41. The van der Waals surface area contributed by atoms with Gasteiger partial charge in [0.05, 0.1) is 12.8 Å². The van der Waals surface area contributed by atoms with E-state index < -0.39 is 6.10 Å². The molecule has 2 aromatic carbocycles. The van der Waals surface area contributed by atoms with E-state index in [2.05, 4.69) is 62.1 Å². The molecule has 3 aromatic rings. The van der Waals surface area contributed by atoms with E-state index in [9.17, 15) is 5.11 Å². The van der Waals surface area contributed by atoms with Crippen molar-refractivity contribution in [3.63, 3.8) is 0 Å². The van der Waals surface area contributed by atoms with Crippen LogP contribution in [-0.2, 0) is 19.5 Å². The number of furan rings is 1. The van der Waals surface area contributed by atoms with Gasteiger partial charge < -0.3 is 14.3 Å². The molecule has 4 nitrogen and oxygen atoms in total. The third kappa shape index (κ3) is 6.75. The smallest absolute Gasteiger partial charge is 0.119 e. The van der Waals surface area contributed by atoms with Crippen LogP contribution in [-0.4, -0.2) is 29.3 Å². The van der Waals surface area contributed by atoms with Crippen molar-refractivity contribution in [2.45, 2.75) is 52.3 Å². The van der Waals surface area contributed by atoms with Crippen LogP contribution in [0.25, 0.3) is 0 Å². The van der Waals surface area contributed by atoms with Crippen molar-refractivity contribution in [3.8, 4) is 5.75 Å². The van der Waals surface area contributed by atoms with E-state index in [-0.39, 0.29) is 6.61 Å². The van der Waals surface area contributed by atoms with Crippen molar-refractivity contribution >= 4 is 0 Å². The Labute approximate surface area is 180 Å². The number of ether oxygens (including phenoxy) is 1. The highest BCUT2D eigenvalue weighted by molar-refractivity contribution is 5.29. The summed E-state index contributed by atoms with van der Waals surface area (Å²) in [7, 11) is 0. The first kappa shape index (κ1) is 22.1. The Bertz CT molecular complexity index is 854. The molecular formula is C26H33NO3. The molecule has 4 heteroatoms. The van der Waals surface area contributed by atoms with Gasteiger partial charge in [-0.3, -0.25) is 4.90 Å². The first-order chi connectivity index (χ1) is 14.5. The van der Waals surface area contributed by atoms with E-state index in [0.29, 0.717) is 19.0 Å². The van der Waals surface area contributed by atoms with Crippen molar-refractivity contribution in [1.82, 2.24) is 4.90 Å². The highest BCUT2D eigenvalue weighted by Crippen LogP contribution is 2.19. The lowest BCUT2D eigenvalue weighted by atomic mass is 10.0. The minimum Gasteiger partial charge on any atom is -0.491 e. The van der Waals surface area contributed by atoms with E-state index in [1.54, 1.807) is 6.26 Å². The standard InChI is InChI=1S/C26H33NO3/c1-4-21-7-9-22(10-8-21)16-27(18-26-6-5-15-29-26)17-24(28)19-30-25-13-11-23(12-14-25)20(2)3/h5-15,20,24,28H,4,16-19H2,1-3H3. The molecule has 0 aliphatic rings. The molecule has 0 amide bonds. The van der Waals surface area contributed by atoms with Crippen molar-refractivity contribution in [1.29, 1.82) is 0 Å². The Kier molecular flexibility index (Phi) is 8.12. The van der Waals surface area contributed by atoms with E-state index in [4.69, 9.17) is 9.15 Å². The molecule has 0 aliphatic heterocycles. The quantitative estimate of drug-likeness (QED) is 0.462. The van der Waals surface area contributed by atoms with Gasteiger partial charge in [0, 0.05) is 13.1 Å². The molecule has 0 bridgehead atoms. The Morgan fingerprint density at radius 2 is 1.63 bits per heavy atom. The number of nitrogens with zero attached hydrogens (tertiary/aromatic N) is 1. The van der Waals surface area contributed by atoms with Crippen molar-refractivity contribution in [3.05, 3.63) is 89.4 Å². The van der Waals surface area contributed by atoms with Crippen LogP contribution in [0.5, 0.6) is 5.75 Å². The molecule has 0 radical (unpaired) electrons. The lowest BCUT2D eigenvalue weighted by molar-refractivity contribution is 0.0604. The van der Waals surface area contributed by atoms with Gasteiger partial charge in [-0.1, -0.05) is 57.2 Å². The first-order valence-electron chi connectivity index (χ1n) is 10.8. The summed E-state index contributed by atoms with van der Waals surface area (Å²) in [6.45, 7) is 8.63. The zero-order valence-electron chi connectivity index (χ0n) is 18.3. The predicted molar refractivity (Wildman–Crippen MR) is 121 cm³/mol. The summed E-state index contributed by atoms with van der Waals surface area (Å²) in [5.74, 6) is 2.16. The summed E-state index contributed by atoms with van der Waals surface area (Å²) >= 11 is 0. The van der Waals surface area contributed by atoms with Crippen LogP contribution in [0.3, 0.4) is 0 Å². The van der Waals surface area contributed by atoms with Crippen molar-refractivity contribution in [2.24, 2.45) is 0 Å². The molecule has 30 heavy (non-hydrogen) atoms. The van der Waals surface area contributed by atoms with Crippen LogP contribution >= 0.6 is 0 Å². The van der Waals surface area contributed by atoms with Crippen molar-refractivity contribution in [2.75, 3.05) is 13.2 Å². The maximum atomic E-state index is 10.6. The van der Waals surface area contributed by atoms with Gasteiger partial charge in [0.1, 0.15) is 24.2 Å². The van der Waals surface area contributed by atoms with E-state index in [0.717, 1.165) is 24.5 Å². The Morgan fingerprint density at radius 3 is 2.23 bits per heavy atom. The van der Waals surface area contributed by atoms with Gasteiger partial charge in [-0.05, 0) is 53.3 Å². The lowest BCUT2D eigenvalue weighted by Gasteiger charge is -2.24. The highest BCUT2D eigenvalue weighted by atomic mass is 16.5. The highest BCUT2D eigenvalue weighted by Gasteiger charge is 2.15. The number of rotatable bonds is 11. The van der Waals surface area contributed by atoms with Gasteiger partial charge in [-0.25, -0.2) is 0 Å². The van der Waals surface area contributed by atoms with Crippen LogP contribution in [0, 0.1) is 0 Å². The number of benzene rings is 2. The zero-order valence-corrected chi connectivity index (χ0v) is 18.3. The molecule has 1 atom stereocenters. The van der Waals surface area contributed by atoms with Gasteiger partial charge in [0.25, 0.3) is 0 Å². The molecule has 1 aromatic heterocycles. The van der Waals surface area contributed by atoms with Gasteiger partial charge >= 0.3 is 0 Å². The normalized spacial score (nSPS) is 12.5. The molecule has 160 valence electrons. The number of aliphatic hydroxyl groups excluding tert-OH is 1. The second kappa shape index (κ2) is 11.0. The van der Waals surface area contributed by atoms with Crippen LogP contribution in [0.1, 0.15) is 49.1 Å². The van der Waals surface area contributed by atoms with Crippen LogP contribution in [0.15, 0.2) is 71.3 Å². The number of hydrogen-bond donors (Lipinski definition) is 1. The fraction of sp³-hybridized carbons (Fsp3) is 0.385. The first-order valence-corrected chi connectivity index (χ1v) is 10.8. The maximum Gasteiger partial charge on any atom is 0.119 e. The third-order valence-corrected chi connectivity index (χ3v) is 5.26. The number of aliphatic hydroxyl groups is 1. The fourth-order valence-electron chi connectivity index (χ4n) is 3.44. The second-order valence-electron chi connectivity index (χ2n) is 8.11. The Morgan fingerprint density at radius 1 is 0.933 bits per heavy atom. The van der Waals surface area contributed by atoms with E-state index >= 15 is 0 Å². The number of aryl methyl sites for hydroxylation is 1. The molecule has 0 saturated carbocycles.